The van der Waals surface area contributed by atoms with Gasteiger partial charge in [-0.1, -0.05) is 0 Å². The molecule has 1 aromatic heterocycles. The monoisotopic (exact) mass is 198 g/mol. The first-order valence-corrected chi connectivity index (χ1v) is 3.99. The lowest BCUT2D eigenvalue weighted by atomic mass is 10.4. The van der Waals surface area contributed by atoms with Gasteiger partial charge >= 0.3 is 17.5 Å². The van der Waals surface area contributed by atoms with Crippen LogP contribution in [0.5, 0.6) is 0 Å². The van der Waals surface area contributed by atoms with Crippen LogP contribution in [-0.4, -0.2) is 19.4 Å². The molecule has 0 aromatic carbocycles. The zero-order chi connectivity index (χ0) is 10.3. The maximum Gasteiger partial charge on any atom is 0.462 e. The van der Waals surface area contributed by atoms with E-state index < -0.39 is 21.5 Å². The van der Waals surface area contributed by atoms with E-state index in [2.05, 4.69) is 4.98 Å². The summed E-state index contributed by atoms with van der Waals surface area (Å²) in [6.07, 6.45) is 1.32. The van der Waals surface area contributed by atoms with Crippen molar-refractivity contribution in [3.05, 3.63) is 26.1 Å². The Hall–Kier alpha value is -1.99. The van der Waals surface area contributed by atoms with Crippen LogP contribution < -0.4 is 0 Å². The summed E-state index contributed by atoms with van der Waals surface area (Å²) >= 11 is 0. The Morgan fingerprint density at radius 3 is 2.57 bits per heavy atom. The Bertz CT molecular complexity index is 424. The van der Waals surface area contributed by atoms with Crippen LogP contribution in [0.15, 0.2) is 0 Å². The zero-order valence-electron chi connectivity index (χ0n) is 7.04. The summed E-state index contributed by atoms with van der Waals surface area (Å²) in [5.41, 5.74) is 0. The molecule has 0 saturated carbocycles. The minimum atomic E-state index is -0.816. The van der Waals surface area contributed by atoms with Gasteiger partial charge in [-0.2, -0.15) is 4.57 Å². The highest BCUT2D eigenvalue weighted by atomic mass is 16.6. The van der Waals surface area contributed by atoms with Crippen molar-refractivity contribution in [2.24, 2.45) is 0 Å². The second-order valence-electron chi connectivity index (χ2n) is 2.94. The average Bonchev–Trinajstić information content (AvgIpc) is 2.58. The lowest BCUT2D eigenvalue weighted by Crippen LogP contribution is -2.01. The number of imidazole rings is 1. The van der Waals surface area contributed by atoms with Gasteiger partial charge in [0.2, 0.25) is 0 Å². The van der Waals surface area contributed by atoms with E-state index in [-0.39, 0.29) is 0 Å². The van der Waals surface area contributed by atoms with Crippen LogP contribution in [0.2, 0.25) is 0 Å². The van der Waals surface area contributed by atoms with Crippen LogP contribution in [0.3, 0.4) is 0 Å². The maximum absolute atomic E-state index is 10.6. The molecule has 8 heteroatoms. The third-order valence-electron chi connectivity index (χ3n) is 2.13. The Morgan fingerprint density at radius 1 is 1.29 bits per heavy atom. The van der Waals surface area contributed by atoms with Gasteiger partial charge in [0, 0.05) is 4.98 Å². The minimum Gasteiger partial charge on any atom is -0.358 e. The zero-order valence-corrected chi connectivity index (χ0v) is 7.04. The van der Waals surface area contributed by atoms with E-state index in [4.69, 9.17) is 0 Å². The highest BCUT2D eigenvalue weighted by Crippen LogP contribution is 2.31. The second-order valence-corrected chi connectivity index (χ2v) is 2.94. The molecule has 0 radical (unpaired) electrons. The van der Waals surface area contributed by atoms with Crippen molar-refractivity contribution in [3.63, 3.8) is 0 Å². The predicted octanol–water partition coefficient (Wildman–Crippen LogP) is 0.646. The molecular formula is C6H6N4O4. The number of aryl methyl sites for hydroxylation is 1. The first-order valence-electron chi connectivity index (χ1n) is 3.99. The molecule has 14 heavy (non-hydrogen) atoms. The number of aromatic nitrogens is 2. The fraction of sp³-hybridized carbons (Fsp3) is 0.500. The molecule has 0 atom stereocenters. The summed E-state index contributed by atoms with van der Waals surface area (Å²) in [5, 5.41) is 21.0. The van der Waals surface area contributed by atoms with Crippen LogP contribution in [0.1, 0.15) is 12.2 Å². The fourth-order valence-corrected chi connectivity index (χ4v) is 1.60. The lowest BCUT2D eigenvalue weighted by Gasteiger charge is -1.94. The number of nitrogens with zero attached hydrogens (tertiary/aromatic N) is 4. The highest BCUT2D eigenvalue weighted by molar-refractivity contribution is 5.43. The molecule has 0 saturated heterocycles. The number of hydrogen-bond donors (Lipinski definition) is 0. The van der Waals surface area contributed by atoms with Crippen molar-refractivity contribution in [3.8, 4) is 0 Å². The molecule has 8 nitrogen and oxygen atoms in total. The van der Waals surface area contributed by atoms with Gasteiger partial charge in [-0.25, -0.2) is 0 Å². The SMILES string of the molecule is O=[N+]([O-])c1nc2n(c1[N+](=O)[O-])CCC2. The molecule has 0 aliphatic carbocycles. The van der Waals surface area contributed by atoms with Gasteiger partial charge in [-0.3, -0.25) is 0 Å². The summed E-state index contributed by atoms with van der Waals surface area (Å²) in [6, 6.07) is 0. The normalized spacial score (nSPS) is 14.0. The van der Waals surface area contributed by atoms with Crippen molar-refractivity contribution < 1.29 is 9.85 Å². The van der Waals surface area contributed by atoms with Crippen molar-refractivity contribution >= 4 is 11.6 Å². The van der Waals surface area contributed by atoms with Gasteiger partial charge in [-0.15, -0.1) is 0 Å². The van der Waals surface area contributed by atoms with Gasteiger partial charge in [0.25, 0.3) is 0 Å². The van der Waals surface area contributed by atoms with Crippen LogP contribution in [-0.2, 0) is 13.0 Å². The van der Waals surface area contributed by atoms with E-state index in [0.29, 0.717) is 18.8 Å². The Labute approximate surface area is 77.5 Å². The molecule has 1 aliphatic heterocycles. The predicted molar refractivity (Wildman–Crippen MR) is 43.9 cm³/mol. The molecule has 0 spiro atoms. The standard InChI is InChI=1S/C6H6N4O4/c11-9(12)5-6(10(13)14)8-3-1-2-4(8)7-5/h1-3H2. The van der Waals surface area contributed by atoms with Crippen molar-refractivity contribution in [1.29, 1.82) is 0 Å². The van der Waals surface area contributed by atoms with E-state index in [0.717, 1.165) is 6.42 Å². The molecule has 0 fully saturated rings. The van der Waals surface area contributed by atoms with Gasteiger partial charge in [-0.05, 0) is 16.3 Å². The van der Waals surface area contributed by atoms with E-state index in [1.807, 2.05) is 0 Å². The number of nitro groups is 2. The van der Waals surface area contributed by atoms with E-state index >= 15 is 0 Å². The van der Waals surface area contributed by atoms with E-state index in [1.54, 1.807) is 0 Å². The van der Waals surface area contributed by atoms with Crippen LogP contribution in [0.25, 0.3) is 0 Å². The second kappa shape index (κ2) is 2.76. The van der Waals surface area contributed by atoms with E-state index in [1.165, 1.54) is 4.57 Å². The average molecular weight is 198 g/mol. The van der Waals surface area contributed by atoms with Crippen LogP contribution in [0, 0.1) is 20.2 Å². The summed E-state index contributed by atoms with van der Waals surface area (Å²) in [7, 11) is 0. The number of rotatable bonds is 2. The Morgan fingerprint density at radius 2 is 2.00 bits per heavy atom. The lowest BCUT2D eigenvalue weighted by molar-refractivity contribution is -0.428. The van der Waals surface area contributed by atoms with Crippen LogP contribution in [0.4, 0.5) is 11.6 Å². The van der Waals surface area contributed by atoms with Gasteiger partial charge in [0.1, 0.15) is 0 Å². The smallest absolute Gasteiger partial charge is 0.358 e. The molecule has 0 bridgehead atoms. The number of hydrogen-bond acceptors (Lipinski definition) is 5. The molecule has 2 rings (SSSR count). The molecular weight excluding hydrogens is 192 g/mol. The number of fused-ring (bicyclic) bond motifs is 1. The van der Waals surface area contributed by atoms with E-state index in [9.17, 15) is 20.2 Å². The first kappa shape index (κ1) is 8.60. The maximum atomic E-state index is 10.6. The third-order valence-corrected chi connectivity index (χ3v) is 2.13. The summed E-state index contributed by atoms with van der Waals surface area (Å²) in [5.74, 6) is -0.712. The Kier molecular flexibility index (Phi) is 1.69. The van der Waals surface area contributed by atoms with Gasteiger partial charge in [0.15, 0.2) is 0 Å². The third kappa shape index (κ3) is 1.04. The first-order chi connectivity index (χ1) is 6.61. The molecule has 2 heterocycles. The molecule has 74 valence electrons. The molecule has 1 aliphatic rings. The molecule has 1 aromatic rings. The van der Waals surface area contributed by atoms with Gasteiger partial charge in [0.05, 0.1) is 13.0 Å². The highest BCUT2D eigenvalue weighted by Gasteiger charge is 2.39. The summed E-state index contributed by atoms with van der Waals surface area (Å²) in [4.78, 5) is 23.1. The topological polar surface area (TPSA) is 104 Å². The Balaban J connectivity index is 2.62. The van der Waals surface area contributed by atoms with Gasteiger partial charge < -0.3 is 20.2 Å². The largest absolute Gasteiger partial charge is 0.462 e. The van der Waals surface area contributed by atoms with Crippen molar-refractivity contribution in [2.75, 3.05) is 0 Å². The fourth-order valence-electron chi connectivity index (χ4n) is 1.60. The van der Waals surface area contributed by atoms with Crippen molar-refractivity contribution in [1.82, 2.24) is 9.55 Å². The summed E-state index contributed by atoms with van der Waals surface area (Å²) < 4.78 is 1.30. The molecule has 0 unspecified atom stereocenters. The van der Waals surface area contributed by atoms with Crippen molar-refractivity contribution in [2.45, 2.75) is 19.4 Å². The molecule has 0 amide bonds. The quantitative estimate of drug-likeness (QED) is 0.512. The minimum absolute atomic E-state index is 0.434. The van der Waals surface area contributed by atoms with Crippen LogP contribution >= 0.6 is 0 Å². The molecule has 0 N–H and O–H groups in total. The summed E-state index contributed by atoms with van der Waals surface area (Å²) in [6.45, 7) is 0.437.